The molecule has 0 radical (unpaired) electrons. The van der Waals surface area contributed by atoms with E-state index in [1.54, 1.807) is 6.20 Å². The van der Waals surface area contributed by atoms with E-state index < -0.39 is 0 Å². The van der Waals surface area contributed by atoms with Crippen molar-refractivity contribution in [1.82, 2.24) is 14.7 Å². The van der Waals surface area contributed by atoms with E-state index in [4.69, 9.17) is 4.74 Å². The first-order valence-corrected chi connectivity index (χ1v) is 7.65. The Morgan fingerprint density at radius 1 is 1.27 bits per heavy atom. The highest BCUT2D eigenvalue weighted by Gasteiger charge is 2.25. The summed E-state index contributed by atoms with van der Waals surface area (Å²) in [6.45, 7) is 2.81. The van der Waals surface area contributed by atoms with Crippen molar-refractivity contribution >= 4 is 5.97 Å². The molecule has 1 aromatic heterocycles. The van der Waals surface area contributed by atoms with Crippen molar-refractivity contribution in [2.24, 2.45) is 5.92 Å². The molecule has 0 spiro atoms. The third-order valence-corrected chi connectivity index (χ3v) is 4.23. The Kier molecular flexibility index (Phi) is 4.53. The maximum Gasteiger partial charge on any atom is 0.308 e. The number of ether oxygens (including phenoxy) is 1. The summed E-state index contributed by atoms with van der Waals surface area (Å²) in [5.41, 5.74) is 2.35. The number of hydrogen-bond donors (Lipinski definition) is 0. The normalized spacial score (nSPS) is 16.6. The van der Waals surface area contributed by atoms with Crippen LogP contribution in [0.2, 0.25) is 0 Å². The zero-order chi connectivity index (χ0) is 15.4. The van der Waals surface area contributed by atoms with E-state index in [0.29, 0.717) is 0 Å². The van der Waals surface area contributed by atoms with Gasteiger partial charge in [-0.2, -0.15) is 5.10 Å². The second-order valence-corrected chi connectivity index (χ2v) is 5.69. The van der Waals surface area contributed by atoms with E-state index in [-0.39, 0.29) is 11.9 Å². The molecule has 2 aromatic rings. The van der Waals surface area contributed by atoms with Crippen LogP contribution in [0, 0.1) is 5.92 Å². The lowest BCUT2D eigenvalue weighted by Crippen LogP contribution is -2.36. The SMILES string of the molecule is COC(=O)C1CCN(Cc2ccc(-n3cccn3)cc2)CC1. The number of benzene rings is 1. The van der Waals surface area contributed by atoms with Crippen LogP contribution in [0.5, 0.6) is 0 Å². The van der Waals surface area contributed by atoms with Crippen molar-refractivity contribution in [2.75, 3.05) is 20.2 Å². The van der Waals surface area contributed by atoms with Gasteiger partial charge in [0.1, 0.15) is 0 Å². The Hall–Kier alpha value is -2.14. The minimum Gasteiger partial charge on any atom is -0.469 e. The minimum absolute atomic E-state index is 0.0665. The average Bonchev–Trinajstić information content (AvgIpc) is 3.10. The summed E-state index contributed by atoms with van der Waals surface area (Å²) in [4.78, 5) is 13.9. The Morgan fingerprint density at radius 3 is 2.59 bits per heavy atom. The van der Waals surface area contributed by atoms with Crippen molar-refractivity contribution in [1.29, 1.82) is 0 Å². The molecule has 3 rings (SSSR count). The summed E-state index contributed by atoms with van der Waals surface area (Å²) in [6, 6.07) is 10.4. The topological polar surface area (TPSA) is 47.4 Å². The first kappa shape index (κ1) is 14.8. The Bertz CT molecular complexity index is 599. The molecule has 5 heteroatoms. The van der Waals surface area contributed by atoms with Crippen molar-refractivity contribution in [3.63, 3.8) is 0 Å². The van der Waals surface area contributed by atoms with Gasteiger partial charge >= 0.3 is 5.97 Å². The number of likely N-dealkylation sites (tertiary alicyclic amines) is 1. The van der Waals surface area contributed by atoms with E-state index in [2.05, 4.69) is 34.3 Å². The van der Waals surface area contributed by atoms with Gasteiger partial charge in [0, 0.05) is 18.9 Å². The Balaban J connectivity index is 1.55. The zero-order valence-corrected chi connectivity index (χ0v) is 12.8. The fourth-order valence-corrected chi connectivity index (χ4v) is 2.93. The number of methoxy groups -OCH3 is 1. The third kappa shape index (κ3) is 3.36. The summed E-state index contributed by atoms with van der Waals surface area (Å²) in [5.74, 6) is 0.00617. The maximum atomic E-state index is 11.5. The number of esters is 1. The molecule has 0 saturated carbocycles. The second-order valence-electron chi connectivity index (χ2n) is 5.69. The Labute approximate surface area is 130 Å². The third-order valence-electron chi connectivity index (χ3n) is 4.23. The average molecular weight is 299 g/mol. The van der Waals surface area contributed by atoms with Crippen molar-refractivity contribution < 1.29 is 9.53 Å². The number of nitrogens with zero attached hydrogens (tertiary/aromatic N) is 3. The summed E-state index contributed by atoms with van der Waals surface area (Å²) in [5, 5.41) is 4.23. The van der Waals surface area contributed by atoms with Gasteiger partial charge in [0.25, 0.3) is 0 Å². The molecule has 0 bridgehead atoms. The number of carbonyl (C=O) groups excluding carboxylic acids is 1. The lowest BCUT2D eigenvalue weighted by Gasteiger charge is -2.30. The first-order valence-electron chi connectivity index (χ1n) is 7.65. The molecule has 1 fully saturated rings. The lowest BCUT2D eigenvalue weighted by atomic mass is 9.96. The molecule has 0 unspecified atom stereocenters. The van der Waals surface area contributed by atoms with Gasteiger partial charge in [0.15, 0.2) is 0 Å². The van der Waals surface area contributed by atoms with E-state index >= 15 is 0 Å². The van der Waals surface area contributed by atoms with E-state index in [9.17, 15) is 4.79 Å². The molecule has 116 valence electrons. The predicted octanol–water partition coefficient (Wildman–Crippen LogP) is 2.26. The Morgan fingerprint density at radius 2 is 2.00 bits per heavy atom. The molecule has 0 aliphatic carbocycles. The van der Waals surface area contributed by atoms with Crippen molar-refractivity contribution in [2.45, 2.75) is 19.4 Å². The standard InChI is InChI=1S/C17H21N3O2/c1-22-17(21)15-7-11-19(12-8-15)13-14-3-5-16(6-4-14)20-10-2-9-18-20/h2-6,9-10,15H,7-8,11-13H2,1H3. The van der Waals surface area contributed by atoms with Crippen LogP contribution in [-0.2, 0) is 16.1 Å². The lowest BCUT2D eigenvalue weighted by molar-refractivity contribution is -0.147. The van der Waals surface area contributed by atoms with Gasteiger partial charge in [0.05, 0.1) is 18.7 Å². The minimum atomic E-state index is -0.0665. The number of aromatic nitrogens is 2. The van der Waals surface area contributed by atoms with Gasteiger partial charge < -0.3 is 4.74 Å². The monoisotopic (exact) mass is 299 g/mol. The fourth-order valence-electron chi connectivity index (χ4n) is 2.93. The highest BCUT2D eigenvalue weighted by Crippen LogP contribution is 2.20. The molecule has 2 heterocycles. The number of rotatable bonds is 4. The smallest absolute Gasteiger partial charge is 0.308 e. The second kappa shape index (κ2) is 6.75. The van der Waals surface area contributed by atoms with Gasteiger partial charge in [-0.3, -0.25) is 9.69 Å². The number of carbonyl (C=O) groups is 1. The van der Waals surface area contributed by atoms with Crippen LogP contribution in [0.4, 0.5) is 0 Å². The zero-order valence-electron chi connectivity index (χ0n) is 12.8. The first-order chi connectivity index (χ1) is 10.8. The molecule has 1 saturated heterocycles. The molecule has 5 nitrogen and oxygen atoms in total. The molecule has 22 heavy (non-hydrogen) atoms. The summed E-state index contributed by atoms with van der Waals surface area (Å²) in [7, 11) is 1.47. The molecule has 0 N–H and O–H groups in total. The van der Waals surface area contributed by atoms with Crippen molar-refractivity contribution in [3.8, 4) is 5.69 Å². The van der Waals surface area contributed by atoms with Crippen LogP contribution in [0.15, 0.2) is 42.7 Å². The highest BCUT2D eigenvalue weighted by molar-refractivity contribution is 5.72. The fraction of sp³-hybridized carbons (Fsp3) is 0.412. The van der Waals surface area contributed by atoms with Gasteiger partial charge in [-0.1, -0.05) is 12.1 Å². The van der Waals surface area contributed by atoms with Crippen molar-refractivity contribution in [3.05, 3.63) is 48.3 Å². The van der Waals surface area contributed by atoms with Crippen LogP contribution in [0.3, 0.4) is 0 Å². The van der Waals surface area contributed by atoms with Crippen LogP contribution >= 0.6 is 0 Å². The van der Waals surface area contributed by atoms with Crippen LogP contribution < -0.4 is 0 Å². The van der Waals surface area contributed by atoms with Crippen LogP contribution in [-0.4, -0.2) is 40.8 Å². The van der Waals surface area contributed by atoms with Gasteiger partial charge in [0.2, 0.25) is 0 Å². The molecule has 1 aromatic carbocycles. The largest absolute Gasteiger partial charge is 0.469 e. The molecular formula is C17H21N3O2. The highest BCUT2D eigenvalue weighted by atomic mass is 16.5. The number of piperidine rings is 1. The molecule has 0 amide bonds. The van der Waals surface area contributed by atoms with Gasteiger partial charge in [-0.05, 0) is 49.7 Å². The quantitative estimate of drug-likeness (QED) is 0.813. The van der Waals surface area contributed by atoms with Crippen LogP contribution in [0.25, 0.3) is 5.69 Å². The van der Waals surface area contributed by atoms with E-state index in [1.165, 1.54) is 12.7 Å². The summed E-state index contributed by atoms with van der Waals surface area (Å²) < 4.78 is 6.68. The molecule has 0 atom stereocenters. The van der Waals surface area contributed by atoms with Gasteiger partial charge in [-0.15, -0.1) is 0 Å². The molecule has 1 aliphatic heterocycles. The summed E-state index contributed by atoms with van der Waals surface area (Å²) >= 11 is 0. The predicted molar refractivity (Wildman–Crippen MR) is 83.6 cm³/mol. The van der Waals surface area contributed by atoms with Crippen LogP contribution in [0.1, 0.15) is 18.4 Å². The number of hydrogen-bond acceptors (Lipinski definition) is 4. The van der Waals surface area contributed by atoms with E-state index in [1.807, 2.05) is 16.9 Å². The summed E-state index contributed by atoms with van der Waals surface area (Å²) in [6.07, 6.45) is 5.49. The maximum absolute atomic E-state index is 11.5. The molecule has 1 aliphatic rings. The van der Waals surface area contributed by atoms with E-state index in [0.717, 1.165) is 38.2 Å². The van der Waals surface area contributed by atoms with Gasteiger partial charge in [-0.25, -0.2) is 4.68 Å². The molecular weight excluding hydrogens is 278 g/mol.